The number of ether oxygens (including phenoxy) is 1. The number of rotatable bonds is 7. The average molecular weight is 328 g/mol. The summed E-state index contributed by atoms with van der Waals surface area (Å²) in [6.07, 6.45) is 1.08. The lowest BCUT2D eigenvalue weighted by Gasteiger charge is -2.53. The van der Waals surface area contributed by atoms with E-state index in [1.807, 2.05) is 5.06 Å². The van der Waals surface area contributed by atoms with Crippen LogP contribution in [0.3, 0.4) is 0 Å². The zero-order valence-corrected chi connectivity index (χ0v) is 15.3. The van der Waals surface area contributed by atoms with Gasteiger partial charge in [-0.15, -0.1) is 0 Å². The van der Waals surface area contributed by atoms with Crippen LogP contribution in [0.2, 0.25) is 0 Å². The van der Waals surface area contributed by atoms with E-state index < -0.39 is 12.1 Å². The van der Waals surface area contributed by atoms with Crippen molar-refractivity contribution in [2.75, 3.05) is 20.3 Å². The van der Waals surface area contributed by atoms with Crippen molar-refractivity contribution in [2.45, 2.75) is 70.7 Å². The van der Waals surface area contributed by atoms with Crippen LogP contribution in [0.5, 0.6) is 0 Å². The van der Waals surface area contributed by atoms with Gasteiger partial charge in [0.1, 0.15) is 12.7 Å². The number of hydroxylamine groups is 2. The molecule has 2 N–H and O–H groups in total. The molecule has 1 aliphatic rings. The van der Waals surface area contributed by atoms with Gasteiger partial charge in [0, 0.05) is 29.2 Å². The number of hydrogen-bond donors (Lipinski definition) is 2. The van der Waals surface area contributed by atoms with Gasteiger partial charge in [0.25, 0.3) is 0 Å². The maximum atomic E-state index is 11.3. The number of nitrogens with one attached hydrogen (secondary N) is 1. The van der Waals surface area contributed by atoms with E-state index in [0.29, 0.717) is 12.1 Å². The van der Waals surface area contributed by atoms with Crippen molar-refractivity contribution in [2.24, 2.45) is 0 Å². The second-order valence-corrected chi connectivity index (χ2v) is 7.65. The van der Waals surface area contributed by atoms with Gasteiger partial charge in [-0.1, -0.05) is 6.58 Å². The number of nitrogens with zero attached hydrogens (tertiary/aromatic N) is 1. The Labute approximate surface area is 139 Å². The molecule has 0 aromatic heterocycles. The number of hydrogen-bond acceptors (Lipinski definition) is 6. The average Bonchev–Trinajstić information content (AvgIpc) is 2.40. The van der Waals surface area contributed by atoms with E-state index in [1.54, 1.807) is 14.0 Å². The SMILES string of the molecule is C=C(C)C(=O)OCC(O)CNC1CC(C)(C)N(OC)C(C)(C)C1. The van der Waals surface area contributed by atoms with Crippen LogP contribution in [0.1, 0.15) is 47.5 Å². The molecular weight excluding hydrogens is 296 g/mol. The Morgan fingerprint density at radius 3 is 2.30 bits per heavy atom. The van der Waals surface area contributed by atoms with E-state index in [9.17, 15) is 9.90 Å². The van der Waals surface area contributed by atoms with Crippen LogP contribution in [0, 0.1) is 0 Å². The Balaban J connectivity index is 2.49. The fourth-order valence-electron chi connectivity index (χ4n) is 3.56. The molecule has 0 aromatic rings. The number of aliphatic hydroxyl groups excluding tert-OH is 1. The molecule has 1 rings (SSSR count). The predicted molar refractivity (Wildman–Crippen MR) is 89.8 cm³/mol. The lowest BCUT2D eigenvalue weighted by Crippen LogP contribution is -2.63. The van der Waals surface area contributed by atoms with E-state index >= 15 is 0 Å². The second kappa shape index (κ2) is 7.75. The Kier molecular flexibility index (Phi) is 6.77. The summed E-state index contributed by atoms with van der Waals surface area (Å²) < 4.78 is 4.96. The molecular formula is C17H32N2O4. The molecule has 6 heteroatoms. The summed E-state index contributed by atoms with van der Waals surface area (Å²) >= 11 is 0. The molecule has 0 saturated carbocycles. The van der Waals surface area contributed by atoms with E-state index in [4.69, 9.17) is 9.57 Å². The molecule has 1 unspecified atom stereocenters. The maximum Gasteiger partial charge on any atom is 0.333 e. The summed E-state index contributed by atoms with van der Waals surface area (Å²) in [6.45, 7) is 14.1. The Morgan fingerprint density at radius 2 is 1.87 bits per heavy atom. The number of esters is 1. The fourth-order valence-corrected chi connectivity index (χ4v) is 3.56. The second-order valence-electron chi connectivity index (χ2n) is 7.65. The van der Waals surface area contributed by atoms with Crippen LogP contribution in [-0.2, 0) is 14.4 Å². The van der Waals surface area contributed by atoms with Gasteiger partial charge in [0.05, 0.1) is 7.11 Å². The molecule has 134 valence electrons. The first-order chi connectivity index (χ1) is 10.5. The molecule has 0 radical (unpaired) electrons. The van der Waals surface area contributed by atoms with E-state index in [2.05, 4.69) is 39.6 Å². The minimum Gasteiger partial charge on any atom is -0.460 e. The molecule has 1 saturated heterocycles. The van der Waals surface area contributed by atoms with Crippen molar-refractivity contribution in [3.8, 4) is 0 Å². The molecule has 0 spiro atoms. The molecule has 0 bridgehead atoms. The largest absolute Gasteiger partial charge is 0.460 e. The van der Waals surface area contributed by atoms with E-state index in [-0.39, 0.29) is 23.7 Å². The third kappa shape index (κ3) is 5.57. The first-order valence-electron chi connectivity index (χ1n) is 8.08. The van der Waals surface area contributed by atoms with Gasteiger partial charge in [-0.2, -0.15) is 5.06 Å². The minimum absolute atomic E-state index is 0.0254. The quantitative estimate of drug-likeness (QED) is 0.547. The Morgan fingerprint density at radius 1 is 1.35 bits per heavy atom. The molecule has 0 aliphatic carbocycles. The lowest BCUT2D eigenvalue weighted by atomic mass is 9.79. The Bertz CT molecular complexity index is 416. The zero-order chi connectivity index (χ0) is 17.8. The molecule has 1 fully saturated rings. The highest BCUT2D eigenvalue weighted by molar-refractivity contribution is 5.86. The highest BCUT2D eigenvalue weighted by atomic mass is 16.7. The highest BCUT2D eigenvalue weighted by Crippen LogP contribution is 2.38. The summed E-state index contributed by atoms with van der Waals surface area (Å²) in [5.74, 6) is -0.472. The first-order valence-corrected chi connectivity index (χ1v) is 8.08. The van der Waals surface area contributed by atoms with Gasteiger partial charge in [-0.3, -0.25) is 0 Å². The van der Waals surface area contributed by atoms with Crippen molar-refractivity contribution in [3.05, 3.63) is 12.2 Å². The molecule has 0 amide bonds. The summed E-state index contributed by atoms with van der Waals surface area (Å²) in [5, 5.41) is 15.4. The smallest absolute Gasteiger partial charge is 0.333 e. The van der Waals surface area contributed by atoms with Crippen LogP contribution in [-0.4, -0.2) is 59.6 Å². The number of aliphatic hydroxyl groups is 1. The molecule has 1 heterocycles. The van der Waals surface area contributed by atoms with Crippen molar-refractivity contribution >= 4 is 5.97 Å². The fraction of sp³-hybridized carbons (Fsp3) is 0.824. The van der Waals surface area contributed by atoms with Gasteiger partial charge >= 0.3 is 5.97 Å². The normalized spacial score (nSPS) is 22.6. The van der Waals surface area contributed by atoms with E-state index in [0.717, 1.165) is 12.8 Å². The van der Waals surface area contributed by atoms with Crippen molar-refractivity contribution in [1.82, 2.24) is 10.4 Å². The van der Waals surface area contributed by atoms with Crippen LogP contribution in [0.4, 0.5) is 0 Å². The zero-order valence-electron chi connectivity index (χ0n) is 15.3. The van der Waals surface area contributed by atoms with Gasteiger partial charge in [-0.25, -0.2) is 4.79 Å². The number of piperidine rings is 1. The molecule has 6 nitrogen and oxygen atoms in total. The molecule has 23 heavy (non-hydrogen) atoms. The van der Waals surface area contributed by atoms with Crippen molar-refractivity contribution in [3.63, 3.8) is 0 Å². The van der Waals surface area contributed by atoms with Crippen molar-refractivity contribution in [1.29, 1.82) is 0 Å². The summed E-state index contributed by atoms with van der Waals surface area (Å²) in [4.78, 5) is 16.9. The predicted octanol–water partition coefficient (Wildman–Crippen LogP) is 1.64. The lowest BCUT2D eigenvalue weighted by molar-refractivity contribution is -0.267. The standard InChI is InChI=1S/C17H32N2O4/c1-12(2)15(21)23-11-14(20)10-18-13-8-16(3,4)19(22-7)17(5,6)9-13/h13-14,18,20H,1,8-11H2,2-7H3. The van der Waals surface area contributed by atoms with Crippen LogP contribution in [0.15, 0.2) is 12.2 Å². The van der Waals surface area contributed by atoms with Gasteiger partial charge in [-0.05, 0) is 47.5 Å². The molecule has 1 aliphatic heterocycles. The number of carbonyl (C=O) groups excluding carboxylic acids is 1. The van der Waals surface area contributed by atoms with Crippen LogP contribution < -0.4 is 5.32 Å². The summed E-state index contributed by atoms with van der Waals surface area (Å²) in [5.41, 5.74) is 0.123. The first kappa shape index (κ1) is 20.1. The molecule has 0 aromatic carbocycles. The van der Waals surface area contributed by atoms with Gasteiger partial charge in [0.15, 0.2) is 0 Å². The topological polar surface area (TPSA) is 71.0 Å². The number of carbonyl (C=O) groups is 1. The Hall–Kier alpha value is -0.950. The van der Waals surface area contributed by atoms with Crippen molar-refractivity contribution < 1.29 is 19.5 Å². The molecule has 1 atom stereocenters. The summed E-state index contributed by atoms with van der Waals surface area (Å²) in [6, 6.07) is 0.262. The third-order valence-electron chi connectivity index (χ3n) is 4.17. The van der Waals surface area contributed by atoms with Gasteiger partial charge in [0.2, 0.25) is 0 Å². The maximum absolute atomic E-state index is 11.3. The van der Waals surface area contributed by atoms with E-state index in [1.165, 1.54) is 0 Å². The van der Waals surface area contributed by atoms with Crippen LogP contribution >= 0.6 is 0 Å². The third-order valence-corrected chi connectivity index (χ3v) is 4.17. The summed E-state index contributed by atoms with van der Waals surface area (Å²) in [7, 11) is 1.71. The highest BCUT2D eigenvalue weighted by Gasteiger charge is 2.45. The monoisotopic (exact) mass is 328 g/mol. The van der Waals surface area contributed by atoms with Gasteiger partial charge < -0.3 is 20.0 Å². The minimum atomic E-state index is -0.732. The van der Waals surface area contributed by atoms with Crippen LogP contribution in [0.25, 0.3) is 0 Å².